The Morgan fingerprint density at radius 3 is 2.64 bits per heavy atom. The van der Waals surface area contributed by atoms with Crippen LogP contribution in [0.2, 0.25) is 0 Å². The predicted octanol–water partition coefficient (Wildman–Crippen LogP) is 3.47. The summed E-state index contributed by atoms with van der Waals surface area (Å²) in [6.45, 7) is 1.88. The summed E-state index contributed by atoms with van der Waals surface area (Å²) in [7, 11) is 3.19. The zero-order chi connectivity index (χ0) is 19.9. The lowest BCUT2D eigenvalue weighted by Crippen LogP contribution is -2.20. The number of carbonyl (C=O) groups is 1. The Hall–Kier alpha value is -3.13. The smallest absolute Gasteiger partial charge is 0.264 e. The number of benzene rings is 2. The summed E-state index contributed by atoms with van der Waals surface area (Å²) in [5.74, 6) is 1.70. The van der Waals surface area contributed by atoms with E-state index >= 15 is 0 Å². The number of hydrogen-bond donors (Lipinski definition) is 1. The van der Waals surface area contributed by atoms with Crippen LogP contribution in [-0.2, 0) is 11.2 Å². The highest BCUT2D eigenvalue weighted by molar-refractivity contribution is 7.15. The van der Waals surface area contributed by atoms with Gasteiger partial charge < -0.3 is 14.2 Å². The van der Waals surface area contributed by atoms with Gasteiger partial charge in [0.2, 0.25) is 5.13 Å². The summed E-state index contributed by atoms with van der Waals surface area (Å²) in [4.78, 5) is 12.1. The Morgan fingerprint density at radius 2 is 1.89 bits per heavy atom. The molecule has 28 heavy (non-hydrogen) atoms. The minimum atomic E-state index is -0.282. The summed E-state index contributed by atoms with van der Waals surface area (Å²) in [5.41, 5.74) is 2.08. The van der Waals surface area contributed by atoms with Crippen LogP contribution in [0.25, 0.3) is 0 Å². The molecule has 0 aliphatic heterocycles. The number of aromatic nitrogens is 2. The first-order valence-corrected chi connectivity index (χ1v) is 9.41. The molecule has 0 radical (unpaired) electrons. The third-order valence-corrected chi connectivity index (χ3v) is 4.71. The predicted molar refractivity (Wildman–Crippen MR) is 108 cm³/mol. The third-order valence-electron chi connectivity index (χ3n) is 3.88. The lowest BCUT2D eigenvalue weighted by atomic mass is 10.1. The number of ether oxygens (including phenoxy) is 3. The monoisotopic (exact) mass is 399 g/mol. The SMILES string of the molecule is COc1ccc(Cc2nnc(NC(=O)COc3cccc(C)c3)s2)cc1OC. The number of carbonyl (C=O) groups excluding carboxylic acids is 1. The van der Waals surface area contributed by atoms with Gasteiger partial charge in [0, 0.05) is 6.42 Å². The lowest BCUT2D eigenvalue weighted by Gasteiger charge is -2.08. The van der Waals surface area contributed by atoms with Crippen molar-refractivity contribution < 1.29 is 19.0 Å². The highest BCUT2D eigenvalue weighted by Gasteiger charge is 2.11. The van der Waals surface area contributed by atoms with Crippen molar-refractivity contribution in [2.75, 3.05) is 26.1 Å². The van der Waals surface area contributed by atoms with Crippen molar-refractivity contribution in [3.05, 3.63) is 58.6 Å². The zero-order valence-corrected chi connectivity index (χ0v) is 16.7. The summed E-state index contributed by atoms with van der Waals surface area (Å²) >= 11 is 1.32. The zero-order valence-electron chi connectivity index (χ0n) is 15.9. The second-order valence-corrected chi connectivity index (χ2v) is 7.08. The van der Waals surface area contributed by atoms with Crippen LogP contribution in [0.4, 0.5) is 5.13 Å². The normalized spacial score (nSPS) is 10.4. The number of amides is 1. The van der Waals surface area contributed by atoms with Gasteiger partial charge in [-0.3, -0.25) is 10.1 Å². The Kier molecular flexibility index (Phi) is 6.44. The molecule has 0 saturated heterocycles. The third kappa shape index (κ3) is 5.20. The van der Waals surface area contributed by atoms with Crippen LogP contribution in [0.3, 0.4) is 0 Å². The number of nitrogens with zero attached hydrogens (tertiary/aromatic N) is 2. The summed E-state index contributed by atoms with van der Waals surface area (Å²) < 4.78 is 16.0. The summed E-state index contributed by atoms with van der Waals surface area (Å²) in [5, 5.41) is 12.1. The van der Waals surface area contributed by atoms with Crippen LogP contribution >= 0.6 is 11.3 Å². The fraction of sp³-hybridized carbons (Fsp3) is 0.250. The van der Waals surface area contributed by atoms with E-state index in [1.807, 2.05) is 49.4 Å². The molecule has 1 N–H and O–H groups in total. The molecule has 146 valence electrons. The van der Waals surface area contributed by atoms with Crippen molar-refractivity contribution in [1.82, 2.24) is 10.2 Å². The average molecular weight is 399 g/mol. The maximum Gasteiger partial charge on any atom is 0.264 e. The molecule has 0 aliphatic carbocycles. The molecule has 1 amide bonds. The number of anilines is 1. The standard InChI is InChI=1S/C20H21N3O4S/c1-13-5-4-6-15(9-13)27-12-18(24)21-20-23-22-19(28-20)11-14-7-8-16(25-2)17(10-14)26-3/h4-10H,11-12H2,1-3H3,(H,21,23,24). The second kappa shape index (κ2) is 9.18. The molecule has 0 fully saturated rings. The van der Waals surface area contributed by atoms with Gasteiger partial charge >= 0.3 is 0 Å². The summed E-state index contributed by atoms with van der Waals surface area (Å²) in [6, 6.07) is 13.2. The van der Waals surface area contributed by atoms with Crippen molar-refractivity contribution in [1.29, 1.82) is 0 Å². The largest absolute Gasteiger partial charge is 0.493 e. The molecular formula is C20H21N3O4S. The Morgan fingerprint density at radius 1 is 1.07 bits per heavy atom. The van der Waals surface area contributed by atoms with E-state index in [4.69, 9.17) is 14.2 Å². The Bertz CT molecular complexity index is 958. The molecule has 0 unspecified atom stereocenters. The molecule has 0 aliphatic rings. The Balaban J connectivity index is 1.55. The minimum Gasteiger partial charge on any atom is -0.493 e. The molecule has 0 spiro atoms. The van der Waals surface area contributed by atoms with Gasteiger partial charge in [0.1, 0.15) is 10.8 Å². The molecule has 3 rings (SSSR count). The fourth-order valence-corrected chi connectivity index (χ4v) is 3.34. The van der Waals surface area contributed by atoms with E-state index in [0.717, 1.165) is 16.1 Å². The van der Waals surface area contributed by atoms with Crippen LogP contribution in [0.1, 0.15) is 16.1 Å². The van der Waals surface area contributed by atoms with Crippen molar-refractivity contribution in [2.45, 2.75) is 13.3 Å². The van der Waals surface area contributed by atoms with E-state index in [1.54, 1.807) is 14.2 Å². The average Bonchev–Trinajstić information content (AvgIpc) is 3.13. The van der Waals surface area contributed by atoms with Gasteiger partial charge in [0.25, 0.3) is 5.91 Å². The number of methoxy groups -OCH3 is 2. The fourth-order valence-electron chi connectivity index (χ4n) is 2.55. The second-order valence-electron chi connectivity index (χ2n) is 6.02. The lowest BCUT2D eigenvalue weighted by molar-refractivity contribution is -0.118. The van der Waals surface area contributed by atoms with E-state index in [0.29, 0.717) is 28.8 Å². The van der Waals surface area contributed by atoms with E-state index in [-0.39, 0.29) is 12.5 Å². The molecule has 0 atom stereocenters. The number of hydrogen-bond acceptors (Lipinski definition) is 7. The first-order valence-electron chi connectivity index (χ1n) is 8.60. The number of aryl methyl sites for hydroxylation is 1. The first kappa shape index (κ1) is 19.6. The van der Waals surface area contributed by atoms with Gasteiger partial charge in [0.15, 0.2) is 18.1 Å². The molecule has 1 heterocycles. The van der Waals surface area contributed by atoms with Crippen molar-refractivity contribution in [3.63, 3.8) is 0 Å². The molecule has 3 aromatic rings. The molecule has 2 aromatic carbocycles. The molecule has 7 nitrogen and oxygen atoms in total. The van der Waals surface area contributed by atoms with Gasteiger partial charge in [-0.05, 0) is 42.3 Å². The van der Waals surface area contributed by atoms with Crippen LogP contribution in [0.15, 0.2) is 42.5 Å². The molecule has 0 saturated carbocycles. The van der Waals surface area contributed by atoms with Crippen molar-refractivity contribution >= 4 is 22.4 Å². The number of nitrogens with one attached hydrogen (secondary N) is 1. The van der Waals surface area contributed by atoms with E-state index in [2.05, 4.69) is 15.5 Å². The first-order chi connectivity index (χ1) is 13.6. The minimum absolute atomic E-state index is 0.0892. The van der Waals surface area contributed by atoms with Gasteiger partial charge in [-0.25, -0.2) is 0 Å². The van der Waals surface area contributed by atoms with Gasteiger partial charge in [0.05, 0.1) is 14.2 Å². The maximum atomic E-state index is 12.1. The van der Waals surface area contributed by atoms with Crippen LogP contribution in [0.5, 0.6) is 17.2 Å². The quantitative estimate of drug-likeness (QED) is 0.625. The topological polar surface area (TPSA) is 82.6 Å². The van der Waals surface area contributed by atoms with E-state index in [9.17, 15) is 4.79 Å². The molecule has 1 aromatic heterocycles. The van der Waals surface area contributed by atoms with Gasteiger partial charge in [-0.2, -0.15) is 0 Å². The highest BCUT2D eigenvalue weighted by Crippen LogP contribution is 2.29. The van der Waals surface area contributed by atoms with Crippen molar-refractivity contribution in [2.24, 2.45) is 0 Å². The van der Waals surface area contributed by atoms with E-state index in [1.165, 1.54) is 11.3 Å². The van der Waals surface area contributed by atoms with Crippen LogP contribution < -0.4 is 19.5 Å². The van der Waals surface area contributed by atoms with E-state index < -0.39 is 0 Å². The molecule has 0 bridgehead atoms. The number of rotatable bonds is 8. The summed E-state index contributed by atoms with van der Waals surface area (Å²) in [6.07, 6.45) is 0.577. The molecule has 8 heteroatoms. The maximum absolute atomic E-state index is 12.1. The molecular weight excluding hydrogens is 378 g/mol. The van der Waals surface area contributed by atoms with Gasteiger partial charge in [-0.15, -0.1) is 10.2 Å². The van der Waals surface area contributed by atoms with Crippen LogP contribution in [-0.4, -0.2) is 36.9 Å². The van der Waals surface area contributed by atoms with Crippen molar-refractivity contribution in [3.8, 4) is 17.2 Å². The van der Waals surface area contributed by atoms with Gasteiger partial charge in [-0.1, -0.05) is 29.5 Å². The Labute approximate surface area is 167 Å². The van der Waals surface area contributed by atoms with Crippen LogP contribution in [0, 0.1) is 6.92 Å². The highest BCUT2D eigenvalue weighted by atomic mass is 32.1.